The molecule has 0 spiro atoms. The van der Waals surface area contributed by atoms with Gasteiger partial charge in [0.15, 0.2) is 0 Å². The van der Waals surface area contributed by atoms with E-state index >= 15 is 4.39 Å². The summed E-state index contributed by atoms with van der Waals surface area (Å²) < 4.78 is 60.3. The molecular weight excluding hydrogens is 529 g/mol. The first-order valence-electron chi connectivity index (χ1n) is 9.75. The Balaban J connectivity index is 2.13. The van der Waals surface area contributed by atoms with Crippen molar-refractivity contribution in [1.29, 1.82) is 0 Å². The van der Waals surface area contributed by atoms with Crippen LogP contribution in [0.2, 0.25) is 0 Å². The van der Waals surface area contributed by atoms with Gasteiger partial charge in [0, 0.05) is 0 Å². The molecular formula is C21H23BrF4N3O3P. The molecule has 1 heterocycles. The minimum absolute atomic E-state index is 0.0629. The zero-order valence-corrected chi connectivity index (χ0v) is 20.9. The number of alkyl halides is 3. The Morgan fingerprint density at radius 1 is 1.15 bits per heavy atom. The van der Waals surface area contributed by atoms with Crippen molar-refractivity contribution in [2.75, 3.05) is 18.6 Å². The van der Waals surface area contributed by atoms with Gasteiger partial charge in [-0.3, -0.25) is 0 Å². The van der Waals surface area contributed by atoms with E-state index in [1.165, 1.54) is 19.1 Å². The van der Waals surface area contributed by atoms with Crippen LogP contribution >= 0.6 is 23.2 Å². The van der Waals surface area contributed by atoms with E-state index in [0.717, 1.165) is 19.4 Å². The third-order valence-electron chi connectivity index (χ3n) is 4.81. The van der Waals surface area contributed by atoms with Crippen LogP contribution in [0.3, 0.4) is 0 Å². The van der Waals surface area contributed by atoms with Gasteiger partial charge in [-0.2, -0.15) is 0 Å². The van der Waals surface area contributed by atoms with Crippen LogP contribution in [0.25, 0.3) is 10.9 Å². The van der Waals surface area contributed by atoms with Crippen LogP contribution in [-0.2, 0) is 6.18 Å². The normalized spacial score (nSPS) is 14.6. The number of anilines is 1. The van der Waals surface area contributed by atoms with Gasteiger partial charge in [-0.15, -0.1) is 0 Å². The van der Waals surface area contributed by atoms with Crippen molar-refractivity contribution in [1.82, 2.24) is 9.97 Å². The van der Waals surface area contributed by atoms with Crippen LogP contribution in [0.15, 0.2) is 28.7 Å². The topological polar surface area (TPSA) is 87.5 Å². The molecule has 0 aliphatic carbocycles. The minimum atomic E-state index is -4.52. The van der Waals surface area contributed by atoms with Crippen molar-refractivity contribution >= 4 is 39.9 Å². The van der Waals surface area contributed by atoms with Gasteiger partial charge in [0.1, 0.15) is 0 Å². The average Bonchev–Trinajstić information content (AvgIpc) is 2.64. The van der Waals surface area contributed by atoms with Gasteiger partial charge in [-0.05, 0) is 0 Å². The molecule has 0 aliphatic rings. The summed E-state index contributed by atoms with van der Waals surface area (Å²) in [5.74, 6) is -0.598. The zero-order chi connectivity index (χ0) is 25.0. The molecule has 0 bridgehead atoms. The Labute approximate surface area is 196 Å². The quantitative estimate of drug-likeness (QED) is 0.256. The van der Waals surface area contributed by atoms with E-state index in [2.05, 4.69) is 31.2 Å². The van der Waals surface area contributed by atoms with E-state index in [4.69, 9.17) is 4.52 Å². The maximum atomic E-state index is 15.1. The molecule has 33 heavy (non-hydrogen) atoms. The second kappa shape index (κ2) is 8.30. The molecule has 2 aromatic carbocycles. The summed E-state index contributed by atoms with van der Waals surface area (Å²) in [7, 11) is -4.52. The predicted octanol–water partition coefficient (Wildman–Crippen LogP) is 6.26. The van der Waals surface area contributed by atoms with E-state index in [1.807, 2.05) is 0 Å². The number of nitrogens with one attached hydrogen (secondary N) is 1. The molecule has 0 fully saturated rings. The predicted molar refractivity (Wildman–Crippen MR) is 124 cm³/mol. The Bertz CT molecular complexity index is 1240. The first-order chi connectivity index (χ1) is 14.9. The molecule has 180 valence electrons. The number of aryl methyl sites for hydroxylation is 1. The van der Waals surface area contributed by atoms with Gasteiger partial charge in [0.2, 0.25) is 0 Å². The van der Waals surface area contributed by atoms with Crippen LogP contribution in [-0.4, -0.2) is 33.1 Å². The molecule has 6 nitrogen and oxygen atoms in total. The molecule has 1 unspecified atom stereocenters. The van der Waals surface area contributed by atoms with Crippen molar-refractivity contribution in [3.63, 3.8) is 0 Å². The Hall–Kier alpha value is -2.07. The number of rotatable bonds is 5. The summed E-state index contributed by atoms with van der Waals surface area (Å²) in [6.07, 6.45) is -4.50. The number of fused-ring (bicyclic) bond motifs is 1. The summed E-state index contributed by atoms with van der Waals surface area (Å²) >= 11 is 3.06. The molecule has 3 rings (SSSR count). The van der Waals surface area contributed by atoms with Crippen LogP contribution in [0.5, 0.6) is 5.75 Å². The third-order valence-corrected chi connectivity index (χ3v) is 6.28. The zero-order valence-electron chi connectivity index (χ0n) is 18.4. The standard InChI is InChI=1S/C21H23BrF4N3O3P/c1-10-13(7-6-8-15(10)21(24,25)26)11(2)27-20-14-9-16(32-33(4,5,30)31)17(22)18(23)19(14)28-12(3)29-20/h6-9,11,30-31H,1-5H3,(H,27,28,29). The van der Waals surface area contributed by atoms with Gasteiger partial charge in [0.25, 0.3) is 0 Å². The molecule has 0 radical (unpaired) electrons. The van der Waals surface area contributed by atoms with Gasteiger partial charge >= 0.3 is 196 Å². The first kappa shape index (κ1) is 25.6. The third kappa shape index (κ3) is 5.71. The monoisotopic (exact) mass is 551 g/mol. The number of aromatic nitrogens is 2. The van der Waals surface area contributed by atoms with E-state index < -0.39 is 30.9 Å². The van der Waals surface area contributed by atoms with E-state index in [1.54, 1.807) is 19.9 Å². The fraction of sp³-hybridized carbons (Fsp3) is 0.333. The molecule has 3 aromatic rings. The summed E-state index contributed by atoms with van der Waals surface area (Å²) in [6, 6.07) is 4.62. The van der Waals surface area contributed by atoms with Crippen LogP contribution in [0, 0.1) is 19.7 Å². The molecule has 0 saturated carbocycles. The second-order valence-corrected chi connectivity index (χ2v) is 13.1. The fourth-order valence-electron chi connectivity index (χ4n) is 3.47. The second-order valence-electron chi connectivity index (χ2n) is 8.36. The van der Waals surface area contributed by atoms with Crippen molar-refractivity contribution in [2.24, 2.45) is 0 Å². The molecule has 0 amide bonds. The van der Waals surface area contributed by atoms with E-state index in [0.29, 0.717) is 5.56 Å². The van der Waals surface area contributed by atoms with Crippen molar-refractivity contribution in [3.8, 4) is 5.75 Å². The van der Waals surface area contributed by atoms with E-state index in [9.17, 15) is 23.0 Å². The summed E-state index contributed by atoms with van der Waals surface area (Å²) in [5.41, 5.74) is -0.360. The van der Waals surface area contributed by atoms with Crippen molar-refractivity contribution < 1.29 is 31.9 Å². The maximum absolute atomic E-state index is 15.1. The molecule has 0 saturated heterocycles. The van der Waals surface area contributed by atoms with Gasteiger partial charge < -0.3 is 0 Å². The summed E-state index contributed by atoms with van der Waals surface area (Å²) in [6.45, 7) is 6.79. The van der Waals surface area contributed by atoms with Gasteiger partial charge in [-0.1, -0.05) is 0 Å². The summed E-state index contributed by atoms with van der Waals surface area (Å²) in [5, 5.41) is 3.20. The number of hydrogen-bond donors (Lipinski definition) is 3. The molecule has 12 heteroatoms. The molecule has 3 N–H and O–H groups in total. The SMILES string of the molecule is Cc1nc(NC(C)c2cccc(C(F)(F)F)c2C)c2cc(OP(C)(C)(O)O)c(Br)c(F)c2n1. The molecule has 1 atom stereocenters. The molecule has 1 aromatic heterocycles. The Morgan fingerprint density at radius 2 is 1.79 bits per heavy atom. The summed E-state index contributed by atoms with van der Waals surface area (Å²) in [4.78, 5) is 28.7. The number of nitrogens with zero attached hydrogens (tertiary/aromatic N) is 2. The van der Waals surface area contributed by atoms with E-state index in [-0.39, 0.29) is 38.3 Å². The Morgan fingerprint density at radius 3 is 2.36 bits per heavy atom. The van der Waals surface area contributed by atoms with Crippen molar-refractivity contribution in [2.45, 2.75) is 33.0 Å². The Kier molecular flexibility index (Phi) is 6.43. The molecule has 0 aliphatic heterocycles. The first-order valence-corrected chi connectivity index (χ1v) is 13.5. The number of halogens is 5. The van der Waals surface area contributed by atoms with Crippen LogP contribution in [0.1, 0.15) is 35.5 Å². The average molecular weight is 552 g/mol. The fourth-order valence-corrected chi connectivity index (χ4v) is 4.69. The van der Waals surface area contributed by atoms with Crippen LogP contribution < -0.4 is 9.84 Å². The number of hydrogen-bond acceptors (Lipinski definition) is 6. The van der Waals surface area contributed by atoms with Crippen molar-refractivity contribution in [3.05, 3.63) is 57.1 Å². The van der Waals surface area contributed by atoms with Gasteiger partial charge in [-0.25, -0.2) is 0 Å². The van der Waals surface area contributed by atoms with Crippen LogP contribution in [0.4, 0.5) is 23.4 Å². The van der Waals surface area contributed by atoms with Gasteiger partial charge in [0.05, 0.1) is 0 Å². The number of benzene rings is 2.